The van der Waals surface area contributed by atoms with Crippen molar-refractivity contribution in [2.45, 2.75) is 13.0 Å². The van der Waals surface area contributed by atoms with Crippen LogP contribution in [0.5, 0.6) is 11.5 Å². The second-order valence-electron chi connectivity index (χ2n) is 5.51. The highest BCUT2D eigenvalue weighted by molar-refractivity contribution is 5.99. The topological polar surface area (TPSA) is 100 Å². The number of anilines is 1. The van der Waals surface area contributed by atoms with E-state index in [9.17, 15) is 18.4 Å². The number of nitrogens with one attached hydrogen (secondary N) is 2. The van der Waals surface area contributed by atoms with Gasteiger partial charge in [0, 0.05) is 11.3 Å². The molecular weight excluding hydrogens is 372 g/mol. The minimum Gasteiger partial charge on any atom is -0.493 e. The van der Waals surface area contributed by atoms with Crippen LogP contribution in [0.1, 0.15) is 15.9 Å². The highest BCUT2D eigenvalue weighted by Crippen LogP contribution is 2.29. The lowest BCUT2D eigenvalue weighted by Crippen LogP contribution is -2.32. The van der Waals surface area contributed by atoms with Crippen LogP contribution in [-0.2, 0) is 11.2 Å². The van der Waals surface area contributed by atoms with Crippen molar-refractivity contribution in [2.75, 3.05) is 19.0 Å². The van der Waals surface area contributed by atoms with Gasteiger partial charge in [-0.1, -0.05) is 12.1 Å². The van der Waals surface area contributed by atoms with Crippen molar-refractivity contribution in [2.24, 2.45) is 0 Å². The van der Waals surface area contributed by atoms with E-state index < -0.39 is 18.4 Å². The van der Waals surface area contributed by atoms with E-state index in [4.69, 9.17) is 10.00 Å². The molecule has 0 fully saturated rings. The Labute approximate surface area is 159 Å². The smallest absolute Gasteiger partial charge is 0.387 e. The third-order valence-corrected chi connectivity index (χ3v) is 3.57. The van der Waals surface area contributed by atoms with Gasteiger partial charge in [-0.3, -0.25) is 9.59 Å². The van der Waals surface area contributed by atoms with Gasteiger partial charge in [-0.25, -0.2) is 0 Å². The molecule has 7 nitrogen and oxygen atoms in total. The molecule has 28 heavy (non-hydrogen) atoms. The summed E-state index contributed by atoms with van der Waals surface area (Å²) in [4.78, 5) is 24.1. The summed E-state index contributed by atoms with van der Waals surface area (Å²) in [6.45, 7) is -3.32. The van der Waals surface area contributed by atoms with E-state index >= 15 is 0 Å². The van der Waals surface area contributed by atoms with E-state index in [0.29, 0.717) is 5.69 Å². The highest BCUT2D eigenvalue weighted by Gasteiger charge is 2.15. The number of nitriles is 1. The fourth-order valence-corrected chi connectivity index (χ4v) is 2.27. The highest BCUT2D eigenvalue weighted by atomic mass is 19.3. The molecule has 0 spiro atoms. The number of benzene rings is 2. The third-order valence-electron chi connectivity index (χ3n) is 3.57. The number of alkyl halides is 2. The quantitative estimate of drug-likeness (QED) is 0.723. The van der Waals surface area contributed by atoms with Crippen molar-refractivity contribution in [3.05, 3.63) is 53.6 Å². The van der Waals surface area contributed by atoms with Crippen molar-refractivity contribution in [1.82, 2.24) is 5.32 Å². The molecule has 9 heteroatoms. The fraction of sp³-hybridized carbons (Fsp3) is 0.211. The van der Waals surface area contributed by atoms with Crippen LogP contribution in [0, 0.1) is 11.3 Å². The Balaban J connectivity index is 1.92. The number of carbonyl (C=O) groups is 2. The van der Waals surface area contributed by atoms with Crippen molar-refractivity contribution >= 4 is 17.5 Å². The van der Waals surface area contributed by atoms with E-state index in [0.717, 1.165) is 5.56 Å². The zero-order valence-electron chi connectivity index (χ0n) is 14.9. The van der Waals surface area contributed by atoms with Gasteiger partial charge in [-0.15, -0.1) is 0 Å². The number of ether oxygens (including phenoxy) is 2. The monoisotopic (exact) mass is 389 g/mol. The number of hydrogen-bond acceptors (Lipinski definition) is 5. The maximum absolute atomic E-state index is 12.3. The van der Waals surface area contributed by atoms with Gasteiger partial charge >= 0.3 is 6.61 Å². The second-order valence-corrected chi connectivity index (χ2v) is 5.51. The van der Waals surface area contributed by atoms with Gasteiger partial charge in [0.15, 0.2) is 11.5 Å². The summed E-state index contributed by atoms with van der Waals surface area (Å²) in [5, 5.41) is 13.7. The Hall–Kier alpha value is -3.67. The molecule has 2 N–H and O–H groups in total. The van der Waals surface area contributed by atoms with Gasteiger partial charge in [-0.2, -0.15) is 14.0 Å². The van der Waals surface area contributed by atoms with E-state index in [1.807, 2.05) is 6.07 Å². The van der Waals surface area contributed by atoms with Crippen molar-refractivity contribution < 1.29 is 27.8 Å². The van der Waals surface area contributed by atoms with Crippen LogP contribution in [0.25, 0.3) is 0 Å². The molecule has 2 aromatic rings. The molecule has 0 saturated carbocycles. The number of nitrogens with zero attached hydrogens (tertiary/aromatic N) is 1. The van der Waals surface area contributed by atoms with E-state index in [2.05, 4.69) is 15.4 Å². The number of rotatable bonds is 8. The lowest BCUT2D eigenvalue weighted by molar-refractivity contribution is -0.115. The minimum atomic E-state index is -3.02. The second kappa shape index (κ2) is 9.87. The summed E-state index contributed by atoms with van der Waals surface area (Å²) in [5.41, 5.74) is 1.46. The summed E-state index contributed by atoms with van der Waals surface area (Å²) in [7, 11) is 1.25. The van der Waals surface area contributed by atoms with Crippen LogP contribution >= 0.6 is 0 Å². The van der Waals surface area contributed by atoms with Gasteiger partial charge < -0.3 is 20.1 Å². The van der Waals surface area contributed by atoms with Gasteiger partial charge in [0.25, 0.3) is 5.91 Å². The number of halogens is 2. The van der Waals surface area contributed by atoms with Crippen LogP contribution in [0.15, 0.2) is 42.5 Å². The van der Waals surface area contributed by atoms with Crippen LogP contribution in [-0.4, -0.2) is 32.1 Å². The molecular formula is C19H17F2N3O4. The Kier molecular flexibility index (Phi) is 7.28. The third kappa shape index (κ3) is 5.95. The molecule has 0 aromatic heterocycles. The van der Waals surface area contributed by atoms with Crippen LogP contribution < -0.4 is 20.1 Å². The molecule has 2 amide bonds. The first-order valence-corrected chi connectivity index (χ1v) is 8.09. The first-order chi connectivity index (χ1) is 13.4. The molecule has 0 bridgehead atoms. The van der Waals surface area contributed by atoms with E-state index in [-0.39, 0.29) is 30.0 Å². The van der Waals surface area contributed by atoms with Gasteiger partial charge in [-0.05, 0) is 35.9 Å². The first-order valence-electron chi connectivity index (χ1n) is 8.09. The molecule has 0 saturated heterocycles. The van der Waals surface area contributed by atoms with Crippen LogP contribution in [0.3, 0.4) is 0 Å². The normalized spacial score (nSPS) is 10.1. The van der Waals surface area contributed by atoms with Gasteiger partial charge in [0.2, 0.25) is 5.91 Å². The Morgan fingerprint density at radius 2 is 1.86 bits per heavy atom. The Morgan fingerprint density at radius 1 is 1.14 bits per heavy atom. The maximum atomic E-state index is 12.3. The molecule has 0 heterocycles. The molecule has 0 atom stereocenters. The van der Waals surface area contributed by atoms with Gasteiger partial charge in [0.1, 0.15) is 0 Å². The molecule has 0 aliphatic heterocycles. The maximum Gasteiger partial charge on any atom is 0.387 e. The number of amides is 2. The average molecular weight is 389 g/mol. The van der Waals surface area contributed by atoms with E-state index in [1.165, 1.54) is 25.3 Å². The Morgan fingerprint density at radius 3 is 2.46 bits per heavy atom. The zero-order chi connectivity index (χ0) is 20.5. The molecule has 0 aliphatic rings. The van der Waals surface area contributed by atoms with Crippen LogP contribution in [0.2, 0.25) is 0 Å². The van der Waals surface area contributed by atoms with Crippen molar-refractivity contribution in [3.8, 4) is 17.6 Å². The number of hydrogen-bond donors (Lipinski definition) is 2. The summed E-state index contributed by atoms with van der Waals surface area (Å²) in [6.07, 6.45) is 0.273. The molecule has 0 aliphatic carbocycles. The average Bonchev–Trinajstić information content (AvgIpc) is 2.67. The Bertz CT molecular complexity index is 880. The summed E-state index contributed by atoms with van der Waals surface area (Å²) in [6, 6.07) is 12.5. The zero-order valence-corrected chi connectivity index (χ0v) is 14.9. The molecule has 2 rings (SSSR count). The minimum absolute atomic E-state index is 0.0325. The van der Waals surface area contributed by atoms with E-state index in [1.54, 1.807) is 24.3 Å². The van der Waals surface area contributed by atoms with Crippen molar-refractivity contribution in [3.63, 3.8) is 0 Å². The lowest BCUT2D eigenvalue weighted by atomic mass is 10.1. The number of carbonyl (C=O) groups excluding carboxylic acids is 2. The predicted molar refractivity (Wildman–Crippen MR) is 96.3 cm³/mol. The summed E-state index contributed by atoms with van der Waals surface area (Å²) >= 11 is 0. The summed E-state index contributed by atoms with van der Waals surface area (Å²) < 4.78 is 33.9. The standard InChI is InChI=1S/C19H17F2N3O4/c1-27-16-10-13(4-7-15(16)28-19(20)21)18(26)23-11-17(25)24-14-5-2-12(3-6-14)8-9-22/h2-7,10,19H,8,11H2,1H3,(H,23,26)(H,24,25). The van der Waals surface area contributed by atoms with Gasteiger partial charge in [0.05, 0.1) is 26.1 Å². The largest absolute Gasteiger partial charge is 0.493 e. The lowest BCUT2D eigenvalue weighted by Gasteiger charge is -2.11. The molecule has 146 valence electrons. The summed E-state index contributed by atoms with van der Waals surface area (Å²) in [5.74, 6) is -1.27. The molecule has 0 radical (unpaired) electrons. The fourth-order valence-electron chi connectivity index (χ4n) is 2.27. The first kappa shape index (κ1) is 20.6. The molecule has 0 unspecified atom stereocenters. The predicted octanol–water partition coefficient (Wildman–Crippen LogP) is 2.73. The van der Waals surface area contributed by atoms with Crippen molar-refractivity contribution in [1.29, 1.82) is 5.26 Å². The molecule has 2 aromatic carbocycles. The SMILES string of the molecule is COc1cc(C(=O)NCC(=O)Nc2ccc(CC#N)cc2)ccc1OC(F)F. The number of methoxy groups -OCH3 is 1. The van der Waals surface area contributed by atoms with Crippen LogP contribution in [0.4, 0.5) is 14.5 Å².